The van der Waals surface area contributed by atoms with Crippen molar-refractivity contribution in [3.8, 4) is 0 Å². The van der Waals surface area contributed by atoms with Crippen molar-refractivity contribution >= 4 is 0 Å². The van der Waals surface area contributed by atoms with Gasteiger partial charge in [0.05, 0.1) is 0 Å². The van der Waals surface area contributed by atoms with E-state index in [4.69, 9.17) is 0 Å². The van der Waals surface area contributed by atoms with Crippen molar-refractivity contribution in [3.63, 3.8) is 0 Å². The summed E-state index contributed by atoms with van der Waals surface area (Å²) < 4.78 is 0. The van der Waals surface area contributed by atoms with Gasteiger partial charge in [0.25, 0.3) is 0 Å². The van der Waals surface area contributed by atoms with Gasteiger partial charge in [0.15, 0.2) is 0 Å². The highest BCUT2D eigenvalue weighted by molar-refractivity contribution is 5.03. The van der Waals surface area contributed by atoms with Gasteiger partial charge in [-0.3, -0.25) is 0 Å². The largest absolute Gasteiger partial charge is 0.103 e. The van der Waals surface area contributed by atoms with Gasteiger partial charge >= 0.3 is 0 Å². The van der Waals surface area contributed by atoms with Gasteiger partial charge in [-0.2, -0.15) is 0 Å². The molecule has 0 heteroatoms. The van der Waals surface area contributed by atoms with Crippen LogP contribution in [0.1, 0.15) is 91.9 Å². The Morgan fingerprint density at radius 2 is 1.81 bits per heavy atom. The number of hydrogen-bond acceptors (Lipinski definition) is 0. The first kappa shape index (κ1) is 17.1. The minimum absolute atomic E-state index is 0.571. The van der Waals surface area contributed by atoms with Gasteiger partial charge in [-0.05, 0) is 73.5 Å². The van der Waals surface area contributed by atoms with Crippen LogP contribution < -0.4 is 0 Å². The van der Waals surface area contributed by atoms with Crippen LogP contribution in [0.5, 0.6) is 0 Å². The molecule has 0 aromatic heterocycles. The highest BCUT2D eigenvalue weighted by atomic mass is 14.6. The summed E-state index contributed by atoms with van der Waals surface area (Å²) in [5.74, 6) is 2.82. The molecule has 0 saturated heterocycles. The number of hydrogen-bond donors (Lipinski definition) is 0. The second kappa shape index (κ2) is 6.88. The van der Waals surface area contributed by atoms with Crippen molar-refractivity contribution in [1.82, 2.24) is 0 Å². The van der Waals surface area contributed by atoms with E-state index < -0.39 is 0 Å². The molecule has 0 spiro atoms. The van der Waals surface area contributed by atoms with Gasteiger partial charge in [-0.15, -0.1) is 6.58 Å². The molecule has 4 atom stereocenters. The lowest BCUT2D eigenvalue weighted by atomic mass is 9.52. The van der Waals surface area contributed by atoms with Crippen LogP contribution in [0.4, 0.5) is 0 Å². The third-order valence-corrected chi connectivity index (χ3v) is 7.19. The van der Waals surface area contributed by atoms with E-state index in [-0.39, 0.29) is 0 Å². The molecule has 0 aliphatic heterocycles. The summed E-state index contributed by atoms with van der Waals surface area (Å²) in [6, 6.07) is 0. The van der Waals surface area contributed by atoms with Crippen LogP contribution in [-0.4, -0.2) is 0 Å². The van der Waals surface area contributed by atoms with Gasteiger partial charge in [0.2, 0.25) is 0 Å². The van der Waals surface area contributed by atoms with Gasteiger partial charge in [0.1, 0.15) is 0 Å². The van der Waals surface area contributed by atoms with E-state index in [1.807, 2.05) is 0 Å². The molecular formula is C21H38. The lowest BCUT2D eigenvalue weighted by Gasteiger charge is -2.53. The molecule has 0 bridgehead atoms. The highest BCUT2D eigenvalue weighted by Crippen LogP contribution is 2.61. The van der Waals surface area contributed by atoms with E-state index in [0.717, 1.165) is 17.8 Å². The first-order chi connectivity index (χ1) is 10.0. The molecule has 0 amide bonds. The minimum Gasteiger partial charge on any atom is -0.103 e. The summed E-state index contributed by atoms with van der Waals surface area (Å²) in [5, 5.41) is 0. The number of allylic oxidation sites excluding steroid dienone is 1. The summed E-state index contributed by atoms with van der Waals surface area (Å²) in [4.78, 5) is 0. The first-order valence-corrected chi connectivity index (χ1v) is 9.61. The molecule has 2 fully saturated rings. The summed E-state index contributed by atoms with van der Waals surface area (Å²) in [6.45, 7) is 14.0. The predicted octanol–water partition coefficient (Wildman–Crippen LogP) is 7.00. The van der Waals surface area contributed by atoms with Gasteiger partial charge in [-0.25, -0.2) is 0 Å². The molecule has 0 aromatic carbocycles. The third-order valence-electron chi connectivity index (χ3n) is 7.19. The molecule has 2 saturated carbocycles. The van der Waals surface area contributed by atoms with Crippen molar-refractivity contribution in [2.45, 2.75) is 91.9 Å². The normalized spacial score (nSPS) is 36.5. The maximum atomic E-state index is 4.10. The highest BCUT2D eigenvalue weighted by Gasteiger charge is 2.51. The Hall–Kier alpha value is -0.260. The fourth-order valence-corrected chi connectivity index (χ4v) is 6.30. The molecule has 0 nitrogen and oxygen atoms in total. The summed E-state index contributed by atoms with van der Waals surface area (Å²) >= 11 is 0. The van der Waals surface area contributed by atoms with Crippen LogP contribution in [0, 0.1) is 28.6 Å². The zero-order valence-corrected chi connectivity index (χ0v) is 15.1. The summed E-state index contributed by atoms with van der Waals surface area (Å²) in [5.41, 5.74) is 1.23. The fraction of sp³-hybridized carbons (Fsp3) is 0.905. The molecule has 0 N–H and O–H groups in total. The lowest BCUT2D eigenvalue weighted by molar-refractivity contribution is -0.0293. The van der Waals surface area contributed by atoms with Crippen LogP contribution in [0.25, 0.3) is 0 Å². The van der Waals surface area contributed by atoms with Crippen molar-refractivity contribution in [3.05, 3.63) is 12.7 Å². The van der Waals surface area contributed by atoms with E-state index in [2.05, 4.69) is 40.3 Å². The van der Waals surface area contributed by atoms with Crippen molar-refractivity contribution < 1.29 is 0 Å². The van der Waals surface area contributed by atoms with Crippen LogP contribution in [-0.2, 0) is 0 Å². The zero-order valence-electron chi connectivity index (χ0n) is 15.1. The van der Waals surface area contributed by atoms with Crippen molar-refractivity contribution in [2.75, 3.05) is 0 Å². The Morgan fingerprint density at radius 3 is 2.38 bits per heavy atom. The second-order valence-electron chi connectivity index (χ2n) is 8.64. The third kappa shape index (κ3) is 3.25. The molecule has 21 heavy (non-hydrogen) atoms. The average Bonchev–Trinajstić information content (AvgIpc) is 2.82. The van der Waals surface area contributed by atoms with Crippen LogP contribution in [0.2, 0.25) is 0 Å². The second-order valence-corrected chi connectivity index (χ2v) is 8.64. The Kier molecular flexibility index (Phi) is 5.60. The molecule has 2 rings (SSSR count). The molecular weight excluding hydrogens is 252 g/mol. The number of rotatable bonds is 7. The van der Waals surface area contributed by atoms with E-state index in [1.54, 1.807) is 0 Å². The van der Waals surface area contributed by atoms with E-state index in [1.165, 1.54) is 64.2 Å². The molecule has 122 valence electrons. The first-order valence-electron chi connectivity index (χ1n) is 9.61. The summed E-state index contributed by atoms with van der Waals surface area (Å²) in [6.07, 6.45) is 16.4. The molecule has 2 aliphatic carbocycles. The fourth-order valence-electron chi connectivity index (χ4n) is 6.30. The maximum Gasteiger partial charge on any atom is -0.0295 e. The standard InChI is InChI=1S/C21H38/c1-6-10-17-18-11-9-15-21(18,5)16-12-19(17)20(4,13-7-2)14-8-3/h6,17-19H,1,7-16H2,2-5H3. The zero-order chi connectivity index (χ0) is 15.5. The SMILES string of the molecule is C=CCC1C(C(C)(CCC)CCC)CCC2(C)CCCC12. The minimum atomic E-state index is 0.571. The monoisotopic (exact) mass is 290 g/mol. The smallest absolute Gasteiger partial charge is 0.0295 e. The van der Waals surface area contributed by atoms with Crippen molar-refractivity contribution in [1.29, 1.82) is 0 Å². The quantitative estimate of drug-likeness (QED) is 0.443. The maximum absolute atomic E-state index is 4.10. The molecule has 0 aromatic rings. The molecule has 2 aliphatic rings. The van der Waals surface area contributed by atoms with Gasteiger partial charge in [-0.1, -0.05) is 53.0 Å². The van der Waals surface area contributed by atoms with Crippen LogP contribution in [0.3, 0.4) is 0 Å². The number of fused-ring (bicyclic) bond motifs is 1. The molecule has 4 unspecified atom stereocenters. The van der Waals surface area contributed by atoms with Gasteiger partial charge < -0.3 is 0 Å². The van der Waals surface area contributed by atoms with E-state index in [9.17, 15) is 0 Å². The Balaban J connectivity index is 2.26. The topological polar surface area (TPSA) is 0 Å². The summed E-state index contributed by atoms with van der Waals surface area (Å²) in [7, 11) is 0. The van der Waals surface area contributed by atoms with E-state index >= 15 is 0 Å². The van der Waals surface area contributed by atoms with Crippen LogP contribution in [0.15, 0.2) is 12.7 Å². The Bertz CT molecular complexity index is 336. The van der Waals surface area contributed by atoms with Crippen LogP contribution >= 0.6 is 0 Å². The predicted molar refractivity (Wildman–Crippen MR) is 94.4 cm³/mol. The van der Waals surface area contributed by atoms with Gasteiger partial charge in [0, 0.05) is 0 Å². The van der Waals surface area contributed by atoms with E-state index in [0.29, 0.717) is 10.8 Å². The lowest BCUT2D eigenvalue weighted by Crippen LogP contribution is -2.44. The Morgan fingerprint density at radius 1 is 1.14 bits per heavy atom. The Labute approximate surface area is 133 Å². The molecule has 0 heterocycles. The van der Waals surface area contributed by atoms with Crippen molar-refractivity contribution in [2.24, 2.45) is 28.6 Å². The molecule has 0 radical (unpaired) electrons. The average molecular weight is 291 g/mol.